The average Bonchev–Trinajstić information content (AvgIpc) is 2.95. The van der Waals surface area contributed by atoms with E-state index in [0.29, 0.717) is 18.3 Å². The van der Waals surface area contributed by atoms with Crippen molar-refractivity contribution >= 4 is 5.97 Å². The van der Waals surface area contributed by atoms with Gasteiger partial charge in [0.25, 0.3) is 0 Å². The number of hydrogen-bond acceptors (Lipinski definition) is 8. The molecule has 0 radical (unpaired) electrons. The molecule has 12 atom stereocenters. The van der Waals surface area contributed by atoms with Crippen LogP contribution in [0.5, 0.6) is 0 Å². The second-order valence-corrected chi connectivity index (χ2v) is 9.86. The molecule has 2 heterocycles. The van der Waals surface area contributed by atoms with Gasteiger partial charge < -0.3 is 34.6 Å². The third-order valence-electron chi connectivity index (χ3n) is 8.23. The first-order valence-electron chi connectivity index (χ1n) is 10.8. The van der Waals surface area contributed by atoms with Gasteiger partial charge >= 0.3 is 5.97 Å². The molecule has 2 aliphatic heterocycles. The van der Waals surface area contributed by atoms with Crippen molar-refractivity contribution in [1.29, 1.82) is 0 Å². The van der Waals surface area contributed by atoms with Crippen molar-refractivity contribution in [2.24, 2.45) is 29.1 Å². The lowest BCUT2D eigenvalue weighted by atomic mass is 9.52. The number of hydrogen-bond donors (Lipinski definition) is 4. The maximum atomic E-state index is 12.1. The van der Waals surface area contributed by atoms with Crippen molar-refractivity contribution < 1.29 is 39.4 Å². The molecule has 0 amide bonds. The molecule has 4 rings (SSSR count). The highest BCUT2D eigenvalue weighted by molar-refractivity contribution is 5.74. The smallest absolute Gasteiger partial charge is 0.309 e. The molecule has 0 aromatic rings. The van der Waals surface area contributed by atoms with Crippen LogP contribution in [-0.4, -0.2) is 75.9 Å². The molecule has 0 spiro atoms. The average molecular weight is 414 g/mol. The van der Waals surface area contributed by atoms with Gasteiger partial charge in [0.05, 0.1) is 18.6 Å². The Hall–Kier alpha value is -0.770. The summed E-state index contributed by atoms with van der Waals surface area (Å²) in [5.74, 6) is 0.863. The van der Waals surface area contributed by atoms with E-state index in [1.807, 2.05) is 6.92 Å². The van der Waals surface area contributed by atoms with E-state index in [-0.39, 0.29) is 35.4 Å². The Labute approximate surface area is 171 Å². The van der Waals surface area contributed by atoms with Gasteiger partial charge in [-0.2, -0.15) is 0 Å². The minimum atomic E-state index is -1.45. The van der Waals surface area contributed by atoms with E-state index in [9.17, 15) is 25.2 Å². The SMILES string of the molecule is CC1CCC(OC2OC(CO)C(O)C(O)C2O)C2(C)CC3OC(=O)C(C)C3CC12. The summed E-state index contributed by atoms with van der Waals surface area (Å²) in [6.45, 7) is 5.87. The summed E-state index contributed by atoms with van der Waals surface area (Å²) < 4.78 is 17.5. The van der Waals surface area contributed by atoms with Crippen molar-refractivity contribution in [2.45, 2.75) is 89.4 Å². The topological polar surface area (TPSA) is 126 Å². The Kier molecular flexibility index (Phi) is 5.72. The molecule has 0 aromatic carbocycles. The van der Waals surface area contributed by atoms with Gasteiger partial charge in [-0.25, -0.2) is 0 Å². The fourth-order valence-electron chi connectivity index (χ4n) is 6.30. The highest BCUT2D eigenvalue weighted by Crippen LogP contribution is 2.58. The molecule has 29 heavy (non-hydrogen) atoms. The summed E-state index contributed by atoms with van der Waals surface area (Å²) in [6, 6.07) is 0. The first-order valence-corrected chi connectivity index (χ1v) is 10.8. The van der Waals surface area contributed by atoms with Crippen molar-refractivity contribution in [3.8, 4) is 0 Å². The van der Waals surface area contributed by atoms with Gasteiger partial charge in [-0.05, 0) is 37.5 Å². The number of fused-ring (bicyclic) bond motifs is 2. The van der Waals surface area contributed by atoms with Crippen LogP contribution in [0, 0.1) is 29.1 Å². The summed E-state index contributed by atoms with van der Waals surface area (Å²) >= 11 is 0. The molecule has 0 aromatic heterocycles. The predicted octanol–water partition coefficient (Wildman–Crippen LogP) is 0.195. The van der Waals surface area contributed by atoms with E-state index >= 15 is 0 Å². The molecular weight excluding hydrogens is 380 g/mol. The van der Waals surface area contributed by atoms with Crippen molar-refractivity contribution in [3.05, 3.63) is 0 Å². The normalized spacial score (nSPS) is 55.1. The van der Waals surface area contributed by atoms with Crippen molar-refractivity contribution in [1.82, 2.24) is 0 Å². The predicted molar refractivity (Wildman–Crippen MR) is 100 cm³/mol. The molecule has 0 bridgehead atoms. The number of carbonyl (C=O) groups excluding carboxylic acids is 1. The van der Waals surface area contributed by atoms with Gasteiger partial charge in [0.1, 0.15) is 30.5 Å². The van der Waals surface area contributed by atoms with Gasteiger partial charge in [0.2, 0.25) is 0 Å². The molecule has 8 nitrogen and oxygen atoms in total. The summed E-state index contributed by atoms with van der Waals surface area (Å²) in [7, 11) is 0. The molecular formula is C21H34O8. The Balaban J connectivity index is 1.54. The zero-order valence-electron chi connectivity index (χ0n) is 17.3. The number of aliphatic hydroxyl groups is 4. The Bertz CT molecular complexity index is 626. The maximum absolute atomic E-state index is 12.1. The number of esters is 1. The van der Waals surface area contributed by atoms with Crippen LogP contribution in [-0.2, 0) is 19.0 Å². The summed E-state index contributed by atoms with van der Waals surface area (Å²) in [5.41, 5.74) is -0.262. The van der Waals surface area contributed by atoms with Gasteiger partial charge in [-0.3, -0.25) is 4.79 Å². The second kappa shape index (κ2) is 7.73. The second-order valence-electron chi connectivity index (χ2n) is 9.86. The fraction of sp³-hybridized carbons (Fsp3) is 0.952. The minimum absolute atomic E-state index is 0.0801. The maximum Gasteiger partial charge on any atom is 0.309 e. The standard InChI is InChI=1S/C21H34O8/c1-9-4-5-15(29-20-18(25)17(24)16(23)14(8-22)28-20)21(3)7-13-11(6-12(9)21)10(2)19(26)27-13/h9-18,20,22-25H,4-8H2,1-3H3. The van der Waals surface area contributed by atoms with Crippen LogP contribution in [0.2, 0.25) is 0 Å². The molecule has 4 fully saturated rings. The monoisotopic (exact) mass is 414 g/mol. The van der Waals surface area contributed by atoms with E-state index in [1.165, 1.54) is 0 Å². The summed E-state index contributed by atoms with van der Waals surface area (Å²) in [4.78, 5) is 12.1. The molecule has 4 N–H and O–H groups in total. The van der Waals surface area contributed by atoms with Crippen LogP contribution in [0.4, 0.5) is 0 Å². The van der Waals surface area contributed by atoms with E-state index in [2.05, 4.69) is 13.8 Å². The quantitative estimate of drug-likeness (QED) is 0.483. The van der Waals surface area contributed by atoms with Crippen molar-refractivity contribution in [3.63, 3.8) is 0 Å². The third-order valence-corrected chi connectivity index (χ3v) is 8.23. The first kappa shape index (κ1) is 21.5. The highest BCUT2D eigenvalue weighted by Gasteiger charge is 2.59. The summed E-state index contributed by atoms with van der Waals surface area (Å²) in [6.07, 6.45) is -3.42. The lowest BCUT2D eigenvalue weighted by molar-refractivity contribution is -0.328. The van der Waals surface area contributed by atoms with Crippen LogP contribution in [0.3, 0.4) is 0 Å². The zero-order chi connectivity index (χ0) is 21.1. The largest absolute Gasteiger partial charge is 0.462 e. The number of rotatable bonds is 3. The lowest BCUT2D eigenvalue weighted by Gasteiger charge is -2.56. The van der Waals surface area contributed by atoms with Gasteiger partial charge in [-0.15, -0.1) is 0 Å². The van der Waals surface area contributed by atoms with Crippen LogP contribution < -0.4 is 0 Å². The van der Waals surface area contributed by atoms with Crippen LogP contribution in [0.15, 0.2) is 0 Å². The van der Waals surface area contributed by atoms with Gasteiger partial charge in [0, 0.05) is 11.3 Å². The molecule has 166 valence electrons. The molecule has 4 aliphatic rings. The first-order chi connectivity index (χ1) is 13.7. The lowest BCUT2D eigenvalue weighted by Crippen LogP contribution is -2.61. The molecule has 2 saturated carbocycles. The van der Waals surface area contributed by atoms with E-state index < -0.39 is 37.3 Å². The van der Waals surface area contributed by atoms with Crippen LogP contribution in [0.1, 0.15) is 46.5 Å². The summed E-state index contributed by atoms with van der Waals surface area (Å²) in [5, 5.41) is 39.9. The molecule has 12 unspecified atom stereocenters. The molecule has 2 aliphatic carbocycles. The molecule has 8 heteroatoms. The van der Waals surface area contributed by atoms with Gasteiger partial charge in [-0.1, -0.05) is 20.8 Å². The van der Waals surface area contributed by atoms with E-state index in [0.717, 1.165) is 19.3 Å². The highest BCUT2D eigenvalue weighted by atomic mass is 16.7. The van der Waals surface area contributed by atoms with E-state index in [4.69, 9.17) is 14.2 Å². The zero-order valence-corrected chi connectivity index (χ0v) is 17.3. The van der Waals surface area contributed by atoms with Crippen LogP contribution >= 0.6 is 0 Å². The number of ether oxygens (including phenoxy) is 3. The number of carbonyl (C=O) groups is 1. The Morgan fingerprint density at radius 2 is 1.86 bits per heavy atom. The van der Waals surface area contributed by atoms with Gasteiger partial charge in [0.15, 0.2) is 6.29 Å². The Morgan fingerprint density at radius 3 is 2.55 bits per heavy atom. The minimum Gasteiger partial charge on any atom is -0.462 e. The Morgan fingerprint density at radius 1 is 1.14 bits per heavy atom. The van der Waals surface area contributed by atoms with Crippen molar-refractivity contribution in [2.75, 3.05) is 6.61 Å². The molecule has 2 saturated heterocycles. The van der Waals surface area contributed by atoms with E-state index in [1.54, 1.807) is 0 Å². The fourth-order valence-corrected chi connectivity index (χ4v) is 6.30. The number of aliphatic hydroxyl groups excluding tert-OH is 4. The third kappa shape index (κ3) is 3.42. The van der Waals surface area contributed by atoms with Crippen LogP contribution in [0.25, 0.3) is 0 Å².